The lowest BCUT2D eigenvalue weighted by atomic mass is 9.93. The summed E-state index contributed by atoms with van der Waals surface area (Å²) in [6, 6.07) is 7.10. The summed E-state index contributed by atoms with van der Waals surface area (Å²) >= 11 is 0. The maximum atomic E-state index is 12.8. The number of benzene rings is 1. The summed E-state index contributed by atoms with van der Waals surface area (Å²) in [7, 11) is -3.41. The van der Waals surface area contributed by atoms with Gasteiger partial charge in [0.1, 0.15) is 0 Å². The molecule has 0 spiro atoms. The van der Waals surface area contributed by atoms with Gasteiger partial charge >= 0.3 is 0 Å². The van der Waals surface area contributed by atoms with Gasteiger partial charge in [-0.3, -0.25) is 0 Å². The van der Waals surface area contributed by atoms with E-state index in [1.807, 2.05) is 19.1 Å². The van der Waals surface area contributed by atoms with Crippen molar-refractivity contribution < 1.29 is 8.42 Å². The fraction of sp³-hybridized carbons (Fsp3) is 0.412. The minimum Gasteiger partial charge on any atom is -0.207 e. The van der Waals surface area contributed by atoms with Crippen LogP contribution in [-0.2, 0) is 10.0 Å². The van der Waals surface area contributed by atoms with Gasteiger partial charge in [0.25, 0.3) is 0 Å². The lowest BCUT2D eigenvalue weighted by Crippen LogP contribution is -2.37. The van der Waals surface area contributed by atoms with Gasteiger partial charge in [0.15, 0.2) is 0 Å². The molecule has 0 fully saturated rings. The van der Waals surface area contributed by atoms with Crippen LogP contribution in [0.1, 0.15) is 25.8 Å². The quantitative estimate of drug-likeness (QED) is 0.841. The molecule has 21 heavy (non-hydrogen) atoms. The van der Waals surface area contributed by atoms with Crippen molar-refractivity contribution in [3.8, 4) is 0 Å². The monoisotopic (exact) mass is 303 g/mol. The molecule has 1 aromatic rings. The van der Waals surface area contributed by atoms with Crippen molar-refractivity contribution in [3.05, 3.63) is 52.6 Å². The fourth-order valence-electron chi connectivity index (χ4n) is 3.33. The number of sulfonamides is 1. The Kier molecular flexibility index (Phi) is 3.54. The van der Waals surface area contributed by atoms with Gasteiger partial charge in [0.05, 0.1) is 4.90 Å². The third-order valence-corrected chi connectivity index (χ3v) is 6.24. The Morgan fingerprint density at radius 3 is 2.43 bits per heavy atom. The van der Waals surface area contributed by atoms with Crippen LogP contribution in [0.3, 0.4) is 0 Å². The second-order valence-electron chi connectivity index (χ2n) is 6.15. The molecule has 0 bridgehead atoms. The maximum Gasteiger partial charge on any atom is 0.243 e. The minimum absolute atomic E-state index is 0.385. The van der Waals surface area contributed by atoms with Gasteiger partial charge in [0, 0.05) is 13.1 Å². The van der Waals surface area contributed by atoms with Gasteiger partial charge in [-0.2, -0.15) is 4.31 Å². The molecule has 0 saturated heterocycles. The zero-order valence-corrected chi connectivity index (χ0v) is 13.6. The van der Waals surface area contributed by atoms with E-state index in [1.54, 1.807) is 16.4 Å². The number of allylic oxidation sites excluding steroid dienone is 1. The standard InChI is InChI=1S/C17H21NO2S/c1-12-4-8-16(9-5-12)21(19,20)18-10-14(3)17-13(2)6-7-15(17)11-18/h4-5,7-9,13H,6,10-11H2,1-3H3. The number of fused-ring (bicyclic) bond motifs is 1. The molecule has 0 saturated carbocycles. The van der Waals surface area contributed by atoms with E-state index in [0.717, 1.165) is 12.0 Å². The molecule has 4 heteroatoms. The Morgan fingerprint density at radius 1 is 1.10 bits per heavy atom. The highest BCUT2D eigenvalue weighted by Crippen LogP contribution is 2.38. The molecular weight excluding hydrogens is 282 g/mol. The largest absolute Gasteiger partial charge is 0.243 e. The SMILES string of the molecule is CC1=C2C(=CCC2C)CN(S(=O)(=O)c2ccc(C)cc2)C1. The van der Waals surface area contributed by atoms with Crippen molar-refractivity contribution in [2.24, 2.45) is 5.92 Å². The first-order chi connectivity index (χ1) is 9.89. The van der Waals surface area contributed by atoms with E-state index >= 15 is 0 Å². The lowest BCUT2D eigenvalue weighted by molar-refractivity contribution is 0.447. The molecule has 3 nitrogen and oxygen atoms in total. The zero-order valence-electron chi connectivity index (χ0n) is 12.8. The highest BCUT2D eigenvalue weighted by atomic mass is 32.2. The zero-order chi connectivity index (χ0) is 15.2. The van der Waals surface area contributed by atoms with Crippen molar-refractivity contribution >= 4 is 10.0 Å². The number of aryl methyl sites for hydroxylation is 1. The van der Waals surface area contributed by atoms with E-state index in [1.165, 1.54) is 16.7 Å². The van der Waals surface area contributed by atoms with Crippen LogP contribution in [0.25, 0.3) is 0 Å². The molecule has 2 aliphatic rings. The second kappa shape index (κ2) is 5.11. The Balaban J connectivity index is 1.95. The van der Waals surface area contributed by atoms with Crippen molar-refractivity contribution in [2.45, 2.75) is 32.1 Å². The van der Waals surface area contributed by atoms with Crippen LogP contribution in [0.2, 0.25) is 0 Å². The third-order valence-electron chi connectivity index (χ3n) is 4.44. The van der Waals surface area contributed by atoms with Crippen molar-refractivity contribution in [3.63, 3.8) is 0 Å². The molecule has 1 atom stereocenters. The fourth-order valence-corrected chi connectivity index (χ4v) is 4.78. The van der Waals surface area contributed by atoms with Crippen molar-refractivity contribution in [2.75, 3.05) is 13.1 Å². The molecule has 1 heterocycles. The van der Waals surface area contributed by atoms with Crippen LogP contribution < -0.4 is 0 Å². The second-order valence-corrected chi connectivity index (χ2v) is 8.08. The van der Waals surface area contributed by atoms with Crippen LogP contribution in [0.15, 0.2) is 52.0 Å². The number of hydrogen-bond acceptors (Lipinski definition) is 2. The van der Waals surface area contributed by atoms with E-state index in [2.05, 4.69) is 19.9 Å². The van der Waals surface area contributed by atoms with Gasteiger partial charge in [-0.15, -0.1) is 0 Å². The highest BCUT2D eigenvalue weighted by molar-refractivity contribution is 7.89. The molecule has 1 unspecified atom stereocenters. The topological polar surface area (TPSA) is 37.4 Å². The molecule has 0 N–H and O–H groups in total. The van der Waals surface area contributed by atoms with E-state index in [-0.39, 0.29) is 0 Å². The Bertz CT molecular complexity index is 727. The van der Waals surface area contributed by atoms with Crippen LogP contribution in [0.4, 0.5) is 0 Å². The van der Waals surface area contributed by atoms with Gasteiger partial charge in [-0.05, 0) is 49.5 Å². The van der Waals surface area contributed by atoms with Gasteiger partial charge in [0.2, 0.25) is 10.0 Å². The molecular formula is C17H21NO2S. The van der Waals surface area contributed by atoms with Crippen LogP contribution in [0.5, 0.6) is 0 Å². The highest BCUT2D eigenvalue weighted by Gasteiger charge is 2.33. The van der Waals surface area contributed by atoms with E-state index in [9.17, 15) is 8.42 Å². The van der Waals surface area contributed by atoms with E-state index in [4.69, 9.17) is 0 Å². The van der Waals surface area contributed by atoms with Crippen LogP contribution >= 0.6 is 0 Å². The van der Waals surface area contributed by atoms with Crippen molar-refractivity contribution in [1.29, 1.82) is 0 Å². The smallest absolute Gasteiger partial charge is 0.207 e. The average Bonchev–Trinajstić information content (AvgIpc) is 2.81. The van der Waals surface area contributed by atoms with Crippen LogP contribution in [-0.4, -0.2) is 25.8 Å². The average molecular weight is 303 g/mol. The molecule has 0 radical (unpaired) electrons. The van der Waals surface area contributed by atoms with Gasteiger partial charge in [-0.1, -0.05) is 36.3 Å². The van der Waals surface area contributed by atoms with E-state index in [0.29, 0.717) is 23.9 Å². The summed E-state index contributed by atoms with van der Waals surface area (Å²) in [5.74, 6) is 0.532. The summed E-state index contributed by atoms with van der Waals surface area (Å²) in [4.78, 5) is 0.385. The first kappa shape index (κ1) is 14.5. The number of hydrogen-bond donors (Lipinski definition) is 0. The number of rotatable bonds is 2. The Hall–Kier alpha value is -1.39. The predicted molar refractivity (Wildman–Crippen MR) is 84.5 cm³/mol. The summed E-state index contributed by atoms with van der Waals surface area (Å²) in [5.41, 5.74) is 4.83. The van der Waals surface area contributed by atoms with Gasteiger partial charge < -0.3 is 0 Å². The molecule has 0 aromatic heterocycles. The van der Waals surface area contributed by atoms with Crippen molar-refractivity contribution in [1.82, 2.24) is 4.31 Å². The van der Waals surface area contributed by atoms with Gasteiger partial charge in [-0.25, -0.2) is 8.42 Å². The molecule has 112 valence electrons. The Morgan fingerprint density at radius 2 is 1.76 bits per heavy atom. The normalized spacial score (nSPS) is 23.2. The first-order valence-corrected chi connectivity index (χ1v) is 8.79. The minimum atomic E-state index is -3.41. The third kappa shape index (κ3) is 2.47. The van der Waals surface area contributed by atoms with Crippen LogP contribution in [0, 0.1) is 12.8 Å². The molecule has 0 amide bonds. The molecule has 1 aromatic carbocycles. The van der Waals surface area contributed by atoms with E-state index < -0.39 is 10.0 Å². The molecule has 1 aliphatic carbocycles. The Labute approximate surface area is 127 Å². The molecule has 1 aliphatic heterocycles. The summed E-state index contributed by atoms with van der Waals surface area (Å²) < 4.78 is 27.2. The summed E-state index contributed by atoms with van der Waals surface area (Å²) in [6.07, 6.45) is 3.22. The summed E-state index contributed by atoms with van der Waals surface area (Å²) in [6.45, 7) is 7.25. The molecule has 3 rings (SSSR count). The predicted octanol–water partition coefficient (Wildman–Crippen LogP) is 3.28. The maximum absolute atomic E-state index is 12.8. The summed E-state index contributed by atoms with van der Waals surface area (Å²) in [5, 5.41) is 0. The lowest BCUT2D eigenvalue weighted by Gasteiger charge is -2.30. The first-order valence-electron chi connectivity index (χ1n) is 7.35. The number of nitrogens with zero attached hydrogens (tertiary/aromatic N) is 1.